The molecule has 2 rings (SSSR count). The Hall–Kier alpha value is -2.90. The van der Waals surface area contributed by atoms with Crippen LogP contribution in [0.2, 0.25) is 0 Å². The maximum Gasteiger partial charge on any atom is 0.341 e. The molecule has 0 aliphatic rings. The number of hydrogen-bond donors (Lipinski definition) is 2. The molecule has 1 amide bonds. The highest BCUT2D eigenvalue weighted by atomic mass is 16.5. The second kappa shape index (κ2) is 5.83. The van der Waals surface area contributed by atoms with E-state index in [1.807, 2.05) is 0 Å². The van der Waals surface area contributed by atoms with Crippen molar-refractivity contribution < 1.29 is 24.0 Å². The van der Waals surface area contributed by atoms with Crippen LogP contribution in [0.15, 0.2) is 28.8 Å². The lowest BCUT2D eigenvalue weighted by atomic mass is 10.3. The number of carboxylic acid groups (broad SMARTS) is 1. The highest BCUT2D eigenvalue weighted by molar-refractivity contribution is 6.01. The van der Waals surface area contributed by atoms with E-state index in [1.54, 1.807) is 25.1 Å². The number of anilines is 1. The summed E-state index contributed by atoms with van der Waals surface area (Å²) in [6, 6.07) is 6.32. The van der Waals surface area contributed by atoms with Crippen LogP contribution in [0.5, 0.6) is 5.75 Å². The van der Waals surface area contributed by atoms with Crippen LogP contribution in [0.4, 0.5) is 5.69 Å². The minimum Gasteiger partial charge on any atom is -0.482 e. The number of aryl methyl sites for hydroxylation is 1. The van der Waals surface area contributed by atoms with Crippen molar-refractivity contribution in [2.24, 2.45) is 0 Å². The number of carbonyl (C=O) groups excluding carboxylic acids is 1. The molecule has 0 bridgehead atoms. The van der Waals surface area contributed by atoms with Gasteiger partial charge in [-0.1, -0.05) is 11.2 Å². The minimum absolute atomic E-state index is 0.0839. The van der Waals surface area contributed by atoms with Gasteiger partial charge < -0.3 is 19.7 Å². The zero-order valence-corrected chi connectivity index (χ0v) is 10.5. The summed E-state index contributed by atoms with van der Waals surface area (Å²) in [5.41, 5.74) is 0.431. The van der Waals surface area contributed by atoms with Gasteiger partial charge in [-0.05, 0) is 12.1 Å². The average Bonchev–Trinajstić information content (AvgIpc) is 2.84. The summed E-state index contributed by atoms with van der Waals surface area (Å²) in [6.07, 6.45) is 0. The third-order valence-electron chi connectivity index (χ3n) is 2.18. The van der Waals surface area contributed by atoms with Crippen molar-refractivity contribution in [3.8, 4) is 5.75 Å². The molecule has 0 saturated heterocycles. The number of rotatable bonds is 5. The van der Waals surface area contributed by atoms with E-state index < -0.39 is 18.5 Å². The first-order chi connectivity index (χ1) is 9.54. The van der Waals surface area contributed by atoms with Crippen molar-refractivity contribution in [1.29, 1.82) is 0 Å². The summed E-state index contributed by atoms with van der Waals surface area (Å²) < 4.78 is 9.70. The van der Waals surface area contributed by atoms with Crippen LogP contribution in [0.1, 0.15) is 16.5 Å². The smallest absolute Gasteiger partial charge is 0.341 e. The lowest BCUT2D eigenvalue weighted by Gasteiger charge is -2.06. The summed E-state index contributed by atoms with van der Waals surface area (Å²) in [5, 5.41) is 14.6. The molecule has 1 heterocycles. The molecular weight excluding hydrogens is 266 g/mol. The lowest BCUT2D eigenvalue weighted by Crippen LogP contribution is -2.14. The number of carboxylic acids is 1. The Labute approximate surface area is 113 Å². The van der Waals surface area contributed by atoms with Gasteiger partial charge in [-0.2, -0.15) is 4.98 Å². The molecule has 0 fully saturated rings. The minimum atomic E-state index is -1.08. The summed E-state index contributed by atoms with van der Waals surface area (Å²) >= 11 is 0. The molecule has 0 aliphatic heterocycles. The van der Waals surface area contributed by atoms with E-state index in [0.717, 1.165) is 0 Å². The standard InChI is InChI=1S/C12H11N3O5/c1-7-13-11(15-20-7)12(18)14-8-3-2-4-9(5-8)19-6-10(16)17/h2-5H,6H2,1H3,(H,14,18)(H,16,17). The maximum atomic E-state index is 11.8. The first kappa shape index (κ1) is 13.5. The third-order valence-corrected chi connectivity index (χ3v) is 2.18. The molecule has 0 unspecified atom stereocenters. The Morgan fingerprint density at radius 1 is 1.45 bits per heavy atom. The Kier molecular flexibility index (Phi) is 3.94. The molecule has 0 saturated carbocycles. The average molecular weight is 277 g/mol. The van der Waals surface area contributed by atoms with Crippen molar-refractivity contribution in [3.05, 3.63) is 36.0 Å². The van der Waals surface area contributed by atoms with Crippen LogP contribution in [-0.2, 0) is 4.79 Å². The van der Waals surface area contributed by atoms with Crippen molar-refractivity contribution >= 4 is 17.6 Å². The van der Waals surface area contributed by atoms with Crippen molar-refractivity contribution in [1.82, 2.24) is 10.1 Å². The van der Waals surface area contributed by atoms with Crippen LogP contribution in [0.3, 0.4) is 0 Å². The number of aliphatic carboxylic acids is 1. The van der Waals surface area contributed by atoms with Crippen LogP contribution in [-0.4, -0.2) is 33.7 Å². The Balaban J connectivity index is 2.04. The van der Waals surface area contributed by atoms with Gasteiger partial charge in [0.05, 0.1) is 0 Å². The fourth-order valence-corrected chi connectivity index (χ4v) is 1.39. The van der Waals surface area contributed by atoms with Gasteiger partial charge in [0.1, 0.15) is 5.75 Å². The van der Waals surface area contributed by atoms with Crippen molar-refractivity contribution in [2.75, 3.05) is 11.9 Å². The van der Waals surface area contributed by atoms with E-state index in [0.29, 0.717) is 11.4 Å². The molecule has 104 valence electrons. The van der Waals surface area contributed by atoms with Gasteiger partial charge in [-0.25, -0.2) is 4.79 Å². The fraction of sp³-hybridized carbons (Fsp3) is 0.167. The zero-order valence-electron chi connectivity index (χ0n) is 10.5. The van der Waals surface area contributed by atoms with Crippen LogP contribution in [0, 0.1) is 6.92 Å². The normalized spacial score (nSPS) is 10.1. The van der Waals surface area contributed by atoms with Gasteiger partial charge in [0, 0.05) is 18.7 Å². The highest BCUT2D eigenvalue weighted by Gasteiger charge is 2.13. The van der Waals surface area contributed by atoms with Gasteiger partial charge in [-0.3, -0.25) is 4.79 Å². The molecule has 0 atom stereocenters. The van der Waals surface area contributed by atoms with Crippen LogP contribution < -0.4 is 10.1 Å². The third kappa shape index (κ3) is 3.55. The molecule has 0 radical (unpaired) electrons. The molecule has 0 aliphatic carbocycles. The molecule has 8 nitrogen and oxygen atoms in total. The first-order valence-electron chi connectivity index (χ1n) is 5.61. The Morgan fingerprint density at radius 2 is 2.25 bits per heavy atom. The fourth-order valence-electron chi connectivity index (χ4n) is 1.39. The van der Waals surface area contributed by atoms with E-state index in [2.05, 4.69) is 15.5 Å². The number of nitrogens with one attached hydrogen (secondary N) is 1. The number of ether oxygens (including phenoxy) is 1. The molecule has 20 heavy (non-hydrogen) atoms. The maximum absolute atomic E-state index is 11.8. The summed E-state index contributed by atoms with van der Waals surface area (Å²) in [7, 11) is 0. The quantitative estimate of drug-likeness (QED) is 0.840. The molecule has 0 spiro atoms. The topological polar surface area (TPSA) is 115 Å². The predicted molar refractivity (Wildman–Crippen MR) is 66.6 cm³/mol. The van der Waals surface area contributed by atoms with Crippen molar-refractivity contribution in [3.63, 3.8) is 0 Å². The van der Waals surface area contributed by atoms with E-state index in [9.17, 15) is 9.59 Å². The van der Waals surface area contributed by atoms with E-state index in [1.165, 1.54) is 6.07 Å². The van der Waals surface area contributed by atoms with E-state index in [4.69, 9.17) is 14.4 Å². The lowest BCUT2D eigenvalue weighted by molar-refractivity contribution is -0.139. The molecule has 8 heteroatoms. The number of amides is 1. The van der Waals surface area contributed by atoms with E-state index >= 15 is 0 Å². The molecule has 1 aromatic carbocycles. The number of carbonyl (C=O) groups is 2. The predicted octanol–water partition coefficient (Wildman–Crippen LogP) is 1.09. The van der Waals surface area contributed by atoms with Gasteiger partial charge in [0.25, 0.3) is 11.7 Å². The van der Waals surface area contributed by atoms with E-state index in [-0.39, 0.29) is 11.7 Å². The van der Waals surface area contributed by atoms with Gasteiger partial charge in [-0.15, -0.1) is 0 Å². The summed E-state index contributed by atoms with van der Waals surface area (Å²) in [5.74, 6) is -1.08. The molecule has 1 aromatic heterocycles. The number of aromatic nitrogens is 2. The van der Waals surface area contributed by atoms with Gasteiger partial charge in [0.2, 0.25) is 5.89 Å². The summed E-state index contributed by atoms with van der Waals surface area (Å²) in [4.78, 5) is 26.0. The van der Waals surface area contributed by atoms with Crippen LogP contribution in [0.25, 0.3) is 0 Å². The molecule has 2 aromatic rings. The monoisotopic (exact) mass is 277 g/mol. The molecule has 2 N–H and O–H groups in total. The summed E-state index contributed by atoms with van der Waals surface area (Å²) in [6.45, 7) is 1.12. The SMILES string of the molecule is Cc1nc(C(=O)Nc2cccc(OCC(=O)O)c2)no1. The highest BCUT2D eigenvalue weighted by Crippen LogP contribution is 2.17. The number of nitrogens with zero attached hydrogens (tertiary/aromatic N) is 2. The van der Waals surface area contributed by atoms with Gasteiger partial charge in [0.15, 0.2) is 6.61 Å². The largest absolute Gasteiger partial charge is 0.482 e. The Morgan fingerprint density at radius 3 is 2.90 bits per heavy atom. The van der Waals surface area contributed by atoms with Crippen LogP contribution >= 0.6 is 0 Å². The molecular formula is C12H11N3O5. The second-order valence-corrected chi connectivity index (χ2v) is 3.80. The Bertz CT molecular complexity index is 638. The zero-order chi connectivity index (χ0) is 14.5. The first-order valence-corrected chi connectivity index (χ1v) is 5.61. The number of benzene rings is 1. The second-order valence-electron chi connectivity index (χ2n) is 3.80. The number of hydrogen-bond acceptors (Lipinski definition) is 6. The van der Waals surface area contributed by atoms with Gasteiger partial charge >= 0.3 is 5.97 Å². The van der Waals surface area contributed by atoms with Crippen molar-refractivity contribution in [2.45, 2.75) is 6.92 Å².